The molecule has 0 aromatic rings. The molecule has 0 fully saturated rings. The summed E-state index contributed by atoms with van der Waals surface area (Å²) in [5.41, 5.74) is 0. The minimum absolute atomic E-state index is 0.0706. The van der Waals surface area contributed by atoms with Crippen LogP contribution in [0.2, 0.25) is 0 Å². The number of hydrogen-bond acceptors (Lipinski definition) is 1. The van der Waals surface area contributed by atoms with Crippen molar-refractivity contribution in [2.75, 3.05) is 12.4 Å². The fourth-order valence-corrected chi connectivity index (χ4v) is 1.66. The van der Waals surface area contributed by atoms with Crippen LogP contribution in [0, 0.1) is 0 Å². The van der Waals surface area contributed by atoms with Crippen LogP contribution in [-0.2, 0) is 5.11 Å². The largest absolute Gasteiger partial charge is 0.236 e. The fraction of sp³-hybridized carbons (Fsp3) is 1.00. The van der Waals surface area contributed by atoms with Crippen LogP contribution >= 0.6 is 11.8 Å². The molecule has 0 aromatic carbocycles. The molecule has 0 spiro atoms. The highest BCUT2D eigenvalue weighted by Gasteiger charge is 1.99. The van der Waals surface area contributed by atoms with E-state index in [-0.39, 0.29) is 6.61 Å². The van der Waals surface area contributed by atoms with Crippen molar-refractivity contribution in [1.29, 1.82) is 0 Å². The average Bonchev–Trinajstić information content (AvgIpc) is 1.97. The Morgan fingerprint density at radius 2 is 2.20 bits per heavy atom. The van der Waals surface area contributed by atoms with Gasteiger partial charge in [-0.05, 0) is 6.42 Å². The molecule has 0 saturated carbocycles. The Hall–Kier alpha value is 0.310. The van der Waals surface area contributed by atoms with Gasteiger partial charge in [-0.2, -0.15) is 11.8 Å². The molecule has 0 aliphatic carbocycles. The SMILES string of the molecule is CCCCC(C)SCC[O]. The second kappa shape index (κ2) is 7.42. The van der Waals surface area contributed by atoms with Gasteiger partial charge in [-0.15, -0.1) is 0 Å². The van der Waals surface area contributed by atoms with Crippen LogP contribution in [0.25, 0.3) is 0 Å². The Morgan fingerprint density at radius 3 is 2.70 bits per heavy atom. The van der Waals surface area contributed by atoms with Crippen LogP contribution in [0.1, 0.15) is 33.1 Å². The third kappa shape index (κ3) is 6.43. The highest BCUT2D eigenvalue weighted by molar-refractivity contribution is 7.99. The Balaban J connectivity index is 3.00. The van der Waals surface area contributed by atoms with Gasteiger partial charge >= 0.3 is 0 Å². The molecule has 61 valence electrons. The van der Waals surface area contributed by atoms with Gasteiger partial charge in [0.25, 0.3) is 0 Å². The lowest BCUT2D eigenvalue weighted by Crippen LogP contribution is -1.98. The highest BCUT2D eigenvalue weighted by Crippen LogP contribution is 2.15. The number of unbranched alkanes of at least 4 members (excludes halogenated alkanes) is 1. The van der Waals surface area contributed by atoms with Gasteiger partial charge in [0.2, 0.25) is 0 Å². The van der Waals surface area contributed by atoms with Crippen LogP contribution in [0.15, 0.2) is 0 Å². The molecule has 0 aliphatic heterocycles. The molecule has 10 heavy (non-hydrogen) atoms. The van der Waals surface area contributed by atoms with E-state index in [2.05, 4.69) is 13.8 Å². The summed E-state index contributed by atoms with van der Waals surface area (Å²) in [6, 6.07) is 0. The first-order chi connectivity index (χ1) is 4.81. The maximum absolute atomic E-state index is 10.1. The summed E-state index contributed by atoms with van der Waals surface area (Å²) < 4.78 is 0. The average molecular weight is 161 g/mol. The topological polar surface area (TPSA) is 19.9 Å². The second-order valence-corrected chi connectivity index (χ2v) is 4.07. The van der Waals surface area contributed by atoms with Gasteiger partial charge in [0.1, 0.15) is 0 Å². The lowest BCUT2D eigenvalue weighted by atomic mass is 10.2. The van der Waals surface area contributed by atoms with E-state index in [1.165, 1.54) is 19.3 Å². The van der Waals surface area contributed by atoms with Gasteiger partial charge in [0.05, 0.1) is 6.61 Å². The zero-order chi connectivity index (χ0) is 7.82. The Labute approximate surface area is 68.2 Å². The van der Waals surface area contributed by atoms with Crippen LogP contribution in [0.3, 0.4) is 0 Å². The molecule has 1 atom stereocenters. The van der Waals surface area contributed by atoms with Crippen molar-refractivity contribution in [3.63, 3.8) is 0 Å². The standard InChI is InChI=1S/C8H17OS/c1-3-4-5-8(2)10-7-6-9/h8H,3-7H2,1-2H3. The van der Waals surface area contributed by atoms with Gasteiger partial charge in [-0.3, -0.25) is 0 Å². The molecule has 0 rings (SSSR count). The predicted molar refractivity (Wildman–Crippen MR) is 47.0 cm³/mol. The van der Waals surface area contributed by atoms with Crippen LogP contribution < -0.4 is 0 Å². The predicted octanol–water partition coefficient (Wildman–Crippen LogP) is 2.73. The van der Waals surface area contributed by atoms with E-state index in [4.69, 9.17) is 0 Å². The number of thioether (sulfide) groups is 1. The molecule has 0 bridgehead atoms. The van der Waals surface area contributed by atoms with Gasteiger partial charge in [-0.25, -0.2) is 5.11 Å². The summed E-state index contributed by atoms with van der Waals surface area (Å²) in [5.74, 6) is 0.783. The third-order valence-electron chi connectivity index (χ3n) is 1.45. The van der Waals surface area contributed by atoms with E-state index in [1.54, 1.807) is 11.8 Å². The Kier molecular flexibility index (Phi) is 7.65. The minimum atomic E-state index is 0.0706. The monoisotopic (exact) mass is 161 g/mol. The zero-order valence-electron chi connectivity index (χ0n) is 6.93. The van der Waals surface area contributed by atoms with Gasteiger partial charge in [0.15, 0.2) is 0 Å². The van der Waals surface area contributed by atoms with Crippen molar-refractivity contribution < 1.29 is 5.11 Å². The molecular formula is C8H17OS. The zero-order valence-corrected chi connectivity index (χ0v) is 7.75. The fourth-order valence-electron chi connectivity index (χ4n) is 0.824. The normalized spacial score (nSPS) is 13.5. The van der Waals surface area contributed by atoms with Gasteiger partial charge in [-0.1, -0.05) is 26.7 Å². The van der Waals surface area contributed by atoms with Crippen molar-refractivity contribution in [3.05, 3.63) is 0 Å². The maximum Gasteiger partial charge on any atom is 0.0912 e. The lowest BCUT2D eigenvalue weighted by molar-refractivity contribution is 0.215. The van der Waals surface area contributed by atoms with Crippen molar-refractivity contribution in [1.82, 2.24) is 0 Å². The Bertz CT molecular complexity index is 58.3. The van der Waals surface area contributed by atoms with Crippen molar-refractivity contribution in [3.8, 4) is 0 Å². The van der Waals surface area contributed by atoms with E-state index in [0.717, 1.165) is 5.75 Å². The third-order valence-corrected chi connectivity index (χ3v) is 2.66. The highest BCUT2D eigenvalue weighted by atomic mass is 32.2. The molecule has 0 aromatic heterocycles. The summed E-state index contributed by atoms with van der Waals surface area (Å²) in [4.78, 5) is 0. The minimum Gasteiger partial charge on any atom is -0.236 e. The van der Waals surface area contributed by atoms with Crippen LogP contribution in [0.4, 0.5) is 0 Å². The summed E-state index contributed by atoms with van der Waals surface area (Å²) in [7, 11) is 0. The summed E-state index contributed by atoms with van der Waals surface area (Å²) in [6.45, 7) is 4.47. The molecular weight excluding hydrogens is 144 g/mol. The molecule has 0 heterocycles. The van der Waals surface area contributed by atoms with Crippen LogP contribution in [0.5, 0.6) is 0 Å². The Morgan fingerprint density at radius 1 is 1.50 bits per heavy atom. The van der Waals surface area contributed by atoms with E-state index < -0.39 is 0 Å². The summed E-state index contributed by atoms with van der Waals surface area (Å²) in [5, 5.41) is 10.8. The van der Waals surface area contributed by atoms with Crippen molar-refractivity contribution in [2.24, 2.45) is 0 Å². The lowest BCUT2D eigenvalue weighted by Gasteiger charge is -2.07. The summed E-state index contributed by atoms with van der Waals surface area (Å²) >= 11 is 1.80. The molecule has 0 aliphatic rings. The first-order valence-corrected chi connectivity index (χ1v) is 5.05. The second-order valence-electron chi connectivity index (χ2n) is 2.53. The molecule has 0 amide bonds. The van der Waals surface area contributed by atoms with E-state index in [9.17, 15) is 5.11 Å². The summed E-state index contributed by atoms with van der Waals surface area (Å²) in [6.07, 6.45) is 3.83. The molecule has 1 unspecified atom stereocenters. The van der Waals surface area contributed by atoms with Crippen molar-refractivity contribution >= 4 is 11.8 Å². The van der Waals surface area contributed by atoms with E-state index in [1.807, 2.05) is 0 Å². The molecule has 0 saturated heterocycles. The number of hydrogen-bond donors (Lipinski definition) is 0. The van der Waals surface area contributed by atoms with Crippen molar-refractivity contribution in [2.45, 2.75) is 38.4 Å². The number of rotatable bonds is 6. The molecule has 0 N–H and O–H groups in total. The maximum atomic E-state index is 10.1. The van der Waals surface area contributed by atoms with Gasteiger partial charge in [0, 0.05) is 11.0 Å². The smallest absolute Gasteiger partial charge is 0.0912 e. The van der Waals surface area contributed by atoms with E-state index in [0.29, 0.717) is 5.25 Å². The van der Waals surface area contributed by atoms with Gasteiger partial charge < -0.3 is 0 Å². The molecule has 2 heteroatoms. The molecule has 1 nitrogen and oxygen atoms in total. The first-order valence-electron chi connectivity index (χ1n) is 4.01. The van der Waals surface area contributed by atoms with Crippen LogP contribution in [-0.4, -0.2) is 17.6 Å². The first kappa shape index (κ1) is 10.3. The van der Waals surface area contributed by atoms with E-state index >= 15 is 0 Å². The quantitative estimate of drug-likeness (QED) is 0.586. The molecule has 1 radical (unpaired) electrons.